The number of carbonyl (C=O) groups excluding carboxylic acids is 2. The molecule has 7 rings (SSSR count). The molecule has 0 radical (unpaired) electrons. The molecule has 3 aromatic rings. The third-order valence-electron chi connectivity index (χ3n) is 8.69. The second kappa shape index (κ2) is 7.60. The van der Waals surface area contributed by atoms with E-state index in [4.69, 9.17) is 9.47 Å². The Morgan fingerprint density at radius 2 is 1.69 bits per heavy atom. The SMILES string of the molecule is COc1cc2c(cc1OC)C(=O)C1(C2)C(c2ccccc2)C2CSCN2C12C(=O)Nc1ccccc12. The number of ketones is 1. The molecule has 2 spiro atoms. The lowest BCUT2D eigenvalue weighted by Gasteiger charge is -2.44. The molecule has 2 fully saturated rings. The first-order chi connectivity index (χ1) is 17.6. The van der Waals surface area contributed by atoms with Crippen molar-refractivity contribution in [2.24, 2.45) is 5.41 Å². The van der Waals surface area contributed by atoms with Gasteiger partial charge in [0.25, 0.3) is 5.91 Å². The van der Waals surface area contributed by atoms with Gasteiger partial charge in [-0.3, -0.25) is 14.5 Å². The van der Waals surface area contributed by atoms with Crippen LogP contribution in [-0.2, 0) is 16.8 Å². The predicted octanol–water partition coefficient (Wildman–Crippen LogP) is 4.45. The standard InChI is InChI=1S/C29H26N2O4S/c1-34-23-12-18-14-28(26(32)19(18)13-24(23)35-2)25(17-8-4-3-5-9-17)22-15-36-16-31(22)29(28)20-10-6-7-11-21(20)30-27(29)33/h3-13,22,25H,14-16H2,1-2H3,(H,30,33). The molecule has 3 aromatic carbocycles. The van der Waals surface area contributed by atoms with Crippen molar-refractivity contribution in [3.63, 3.8) is 0 Å². The number of hydrogen-bond donors (Lipinski definition) is 1. The quantitative estimate of drug-likeness (QED) is 0.576. The molecule has 3 heterocycles. The number of thioether (sulfide) groups is 1. The Hall–Kier alpha value is -3.29. The molecule has 6 nitrogen and oxygen atoms in total. The van der Waals surface area contributed by atoms with Crippen molar-refractivity contribution in [3.05, 3.63) is 89.0 Å². The van der Waals surface area contributed by atoms with E-state index in [0.29, 0.717) is 29.4 Å². The lowest BCUT2D eigenvalue weighted by molar-refractivity contribution is -0.130. The van der Waals surface area contributed by atoms with Crippen LogP contribution < -0.4 is 14.8 Å². The van der Waals surface area contributed by atoms with E-state index in [1.807, 2.05) is 60.3 Å². The molecule has 1 amide bonds. The minimum Gasteiger partial charge on any atom is -0.493 e. The second-order valence-electron chi connectivity index (χ2n) is 9.98. The molecule has 4 aliphatic rings. The van der Waals surface area contributed by atoms with Gasteiger partial charge in [-0.15, -0.1) is 11.8 Å². The molecule has 7 heteroatoms. The van der Waals surface area contributed by atoms with Crippen molar-refractivity contribution in [1.29, 1.82) is 0 Å². The highest BCUT2D eigenvalue weighted by atomic mass is 32.2. The van der Waals surface area contributed by atoms with Crippen LogP contribution in [0.2, 0.25) is 0 Å². The normalized spacial score (nSPS) is 29.9. The van der Waals surface area contributed by atoms with Crippen LogP contribution in [0.1, 0.15) is 33.0 Å². The zero-order valence-corrected chi connectivity index (χ0v) is 20.9. The van der Waals surface area contributed by atoms with Gasteiger partial charge in [-0.25, -0.2) is 0 Å². The number of ether oxygens (including phenoxy) is 2. The molecule has 1 N–H and O–H groups in total. The number of anilines is 1. The lowest BCUT2D eigenvalue weighted by Crippen LogP contribution is -2.58. The molecule has 36 heavy (non-hydrogen) atoms. The van der Waals surface area contributed by atoms with E-state index in [1.165, 1.54) is 0 Å². The van der Waals surface area contributed by atoms with E-state index < -0.39 is 11.0 Å². The van der Waals surface area contributed by atoms with Crippen LogP contribution in [0.25, 0.3) is 0 Å². The minimum atomic E-state index is -1.10. The van der Waals surface area contributed by atoms with E-state index >= 15 is 0 Å². The van der Waals surface area contributed by atoms with Gasteiger partial charge in [0.15, 0.2) is 17.3 Å². The number of rotatable bonds is 3. The maximum Gasteiger partial charge on any atom is 0.250 e. The minimum absolute atomic E-state index is 0.0126. The number of Topliss-reactive ketones (excluding diaryl/α,β-unsaturated/α-hetero) is 1. The first-order valence-corrected chi connectivity index (χ1v) is 13.3. The molecule has 0 saturated carbocycles. The Balaban J connectivity index is 1.56. The fraction of sp³-hybridized carbons (Fsp3) is 0.310. The van der Waals surface area contributed by atoms with Gasteiger partial charge in [0.2, 0.25) is 0 Å². The van der Waals surface area contributed by atoms with Crippen LogP contribution in [0.5, 0.6) is 11.5 Å². The van der Waals surface area contributed by atoms with E-state index in [-0.39, 0.29) is 23.7 Å². The Morgan fingerprint density at radius 3 is 2.47 bits per heavy atom. The zero-order chi connectivity index (χ0) is 24.7. The summed E-state index contributed by atoms with van der Waals surface area (Å²) in [5.74, 6) is 2.45. The fourth-order valence-electron chi connectivity index (χ4n) is 7.47. The maximum atomic E-state index is 14.9. The van der Waals surface area contributed by atoms with Crippen molar-refractivity contribution < 1.29 is 19.1 Å². The Labute approximate surface area is 214 Å². The maximum absolute atomic E-state index is 14.9. The zero-order valence-electron chi connectivity index (χ0n) is 20.1. The van der Waals surface area contributed by atoms with Gasteiger partial charge < -0.3 is 14.8 Å². The van der Waals surface area contributed by atoms with Crippen LogP contribution in [0.3, 0.4) is 0 Å². The summed E-state index contributed by atoms with van der Waals surface area (Å²) in [5.41, 5.74) is 2.23. The van der Waals surface area contributed by atoms with E-state index in [2.05, 4.69) is 22.3 Å². The lowest BCUT2D eigenvalue weighted by atomic mass is 9.58. The third-order valence-corrected chi connectivity index (χ3v) is 9.73. The number of carbonyl (C=O) groups is 2. The van der Waals surface area contributed by atoms with E-state index in [1.54, 1.807) is 20.3 Å². The van der Waals surface area contributed by atoms with Gasteiger partial charge in [-0.2, -0.15) is 0 Å². The molecule has 3 aliphatic heterocycles. The van der Waals surface area contributed by atoms with Crippen LogP contribution in [0.15, 0.2) is 66.7 Å². The highest BCUT2D eigenvalue weighted by Gasteiger charge is 2.78. The molecule has 1 aliphatic carbocycles. The van der Waals surface area contributed by atoms with E-state index in [9.17, 15) is 9.59 Å². The average molecular weight is 499 g/mol. The largest absolute Gasteiger partial charge is 0.493 e. The summed E-state index contributed by atoms with van der Waals surface area (Å²) in [6.07, 6.45) is 0.459. The van der Waals surface area contributed by atoms with Gasteiger partial charge >= 0.3 is 0 Å². The van der Waals surface area contributed by atoms with Crippen LogP contribution in [-0.4, -0.2) is 48.5 Å². The number of para-hydroxylation sites is 1. The molecular weight excluding hydrogens is 472 g/mol. The first kappa shape index (κ1) is 21.9. The van der Waals surface area contributed by atoms with Crippen molar-refractivity contribution in [2.75, 3.05) is 31.2 Å². The van der Waals surface area contributed by atoms with Crippen molar-refractivity contribution in [2.45, 2.75) is 23.9 Å². The van der Waals surface area contributed by atoms with Crippen LogP contribution in [0.4, 0.5) is 5.69 Å². The molecule has 2 saturated heterocycles. The fourth-order valence-corrected chi connectivity index (χ4v) is 8.77. The molecule has 182 valence electrons. The van der Waals surface area contributed by atoms with E-state index in [0.717, 1.165) is 28.1 Å². The highest BCUT2D eigenvalue weighted by molar-refractivity contribution is 7.99. The van der Waals surface area contributed by atoms with Crippen molar-refractivity contribution in [1.82, 2.24) is 4.90 Å². The van der Waals surface area contributed by atoms with Crippen molar-refractivity contribution >= 4 is 29.1 Å². The number of hydrogen-bond acceptors (Lipinski definition) is 6. The Bertz CT molecular complexity index is 1430. The highest BCUT2D eigenvalue weighted by Crippen LogP contribution is 2.70. The molecular formula is C29H26N2O4S. The monoisotopic (exact) mass is 498 g/mol. The number of fused-ring (bicyclic) bond motifs is 6. The number of nitrogens with zero attached hydrogens (tertiary/aromatic N) is 1. The van der Waals surface area contributed by atoms with Gasteiger partial charge in [0.05, 0.1) is 19.6 Å². The first-order valence-electron chi connectivity index (χ1n) is 12.2. The number of amides is 1. The average Bonchev–Trinajstić information content (AvgIpc) is 3.62. The molecule has 0 bridgehead atoms. The summed E-state index contributed by atoms with van der Waals surface area (Å²) in [6.45, 7) is 0. The van der Waals surface area contributed by atoms with Gasteiger partial charge in [0, 0.05) is 40.4 Å². The summed E-state index contributed by atoms with van der Waals surface area (Å²) in [5, 5.41) is 3.17. The van der Waals surface area contributed by atoms with Crippen LogP contribution in [0, 0.1) is 5.41 Å². The molecule has 4 atom stereocenters. The second-order valence-corrected chi connectivity index (χ2v) is 11.0. The summed E-state index contributed by atoms with van der Waals surface area (Å²) in [7, 11) is 3.19. The van der Waals surface area contributed by atoms with Crippen molar-refractivity contribution in [3.8, 4) is 11.5 Å². The Kier molecular flexibility index (Phi) is 4.64. The van der Waals surface area contributed by atoms with Gasteiger partial charge in [-0.1, -0.05) is 48.5 Å². The van der Waals surface area contributed by atoms with Crippen LogP contribution >= 0.6 is 11.8 Å². The summed E-state index contributed by atoms with van der Waals surface area (Å²) in [4.78, 5) is 31.6. The number of nitrogens with one attached hydrogen (secondary N) is 1. The number of methoxy groups -OCH3 is 2. The van der Waals surface area contributed by atoms with Gasteiger partial charge in [0.1, 0.15) is 5.54 Å². The summed E-state index contributed by atoms with van der Waals surface area (Å²) in [6, 6.07) is 22.0. The summed E-state index contributed by atoms with van der Waals surface area (Å²) >= 11 is 1.84. The predicted molar refractivity (Wildman–Crippen MR) is 139 cm³/mol. The number of benzene rings is 3. The molecule has 0 aromatic heterocycles. The third kappa shape index (κ3) is 2.43. The van der Waals surface area contributed by atoms with Gasteiger partial charge in [-0.05, 0) is 35.7 Å². The Morgan fingerprint density at radius 1 is 0.972 bits per heavy atom. The summed E-state index contributed by atoms with van der Waals surface area (Å²) < 4.78 is 11.2. The molecule has 4 unspecified atom stereocenters. The topological polar surface area (TPSA) is 67.9 Å². The smallest absolute Gasteiger partial charge is 0.250 e.